The van der Waals surface area contributed by atoms with Crippen LogP contribution in [0.2, 0.25) is 5.02 Å². The zero-order chi connectivity index (χ0) is 18.4. The molecule has 0 atom stereocenters. The molecule has 1 aliphatic rings. The van der Waals surface area contributed by atoms with E-state index in [0.717, 1.165) is 18.7 Å². The summed E-state index contributed by atoms with van der Waals surface area (Å²) in [4.78, 5) is 11.8. The van der Waals surface area contributed by atoms with Crippen molar-refractivity contribution >= 4 is 23.4 Å². The van der Waals surface area contributed by atoms with Gasteiger partial charge >= 0.3 is 6.09 Å². The molecule has 1 amide bonds. The number of hydrogen-bond acceptors (Lipinski definition) is 6. The molecule has 3 rings (SSSR count). The molecule has 1 aliphatic carbocycles. The third-order valence-corrected chi connectivity index (χ3v) is 4.99. The standard InChI is InChI=1S/C17H23ClN6O2/c1-19-17(9-2-3-10-17)15-21-22-23-24(15)11-4-12-26-16(25)20-14-7-5-13(18)6-8-14/h5-8,19H,2-4,9-12H2,1H3,(H,20,25). The van der Waals surface area contributed by atoms with Crippen LogP contribution in [0.15, 0.2) is 24.3 Å². The van der Waals surface area contributed by atoms with Crippen molar-refractivity contribution in [1.29, 1.82) is 0 Å². The molecule has 2 aromatic rings. The van der Waals surface area contributed by atoms with Crippen LogP contribution in [0.5, 0.6) is 0 Å². The van der Waals surface area contributed by atoms with Crippen LogP contribution in [-0.2, 0) is 16.8 Å². The van der Waals surface area contributed by atoms with Crippen LogP contribution >= 0.6 is 11.6 Å². The Labute approximate surface area is 157 Å². The van der Waals surface area contributed by atoms with Gasteiger partial charge in [-0.1, -0.05) is 24.4 Å². The van der Waals surface area contributed by atoms with Crippen molar-refractivity contribution in [2.45, 2.75) is 44.2 Å². The molecular weight excluding hydrogens is 356 g/mol. The van der Waals surface area contributed by atoms with Crippen LogP contribution in [0.25, 0.3) is 0 Å². The average Bonchev–Trinajstić information content (AvgIpc) is 3.30. The molecule has 1 fully saturated rings. The number of amides is 1. The lowest BCUT2D eigenvalue weighted by Crippen LogP contribution is -2.40. The van der Waals surface area contributed by atoms with Crippen molar-refractivity contribution < 1.29 is 9.53 Å². The van der Waals surface area contributed by atoms with Crippen molar-refractivity contribution in [3.05, 3.63) is 35.1 Å². The second kappa shape index (κ2) is 8.46. The van der Waals surface area contributed by atoms with Gasteiger partial charge in [-0.15, -0.1) is 5.10 Å². The maximum Gasteiger partial charge on any atom is 0.411 e. The minimum absolute atomic E-state index is 0.143. The lowest BCUT2D eigenvalue weighted by Gasteiger charge is -2.26. The van der Waals surface area contributed by atoms with E-state index in [1.165, 1.54) is 12.8 Å². The first-order valence-corrected chi connectivity index (χ1v) is 9.16. The number of aromatic nitrogens is 4. The Balaban J connectivity index is 1.46. The van der Waals surface area contributed by atoms with Crippen molar-refractivity contribution in [3.8, 4) is 0 Å². The number of nitrogens with one attached hydrogen (secondary N) is 2. The van der Waals surface area contributed by atoms with Gasteiger partial charge in [0.25, 0.3) is 0 Å². The third-order valence-electron chi connectivity index (χ3n) is 4.73. The second-order valence-electron chi connectivity index (χ2n) is 6.39. The lowest BCUT2D eigenvalue weighted by atomic mass is 9.97. The molecule has 1 saturated carbocycles. The van der Waals surface area contributed by atoms with Crippen LogP contribution in [0.4, 0.5) is 10.5 Å². The maximum absolute atomic E-state index is 11.8. The molecule has 0 saturated heterocycles. The van der Waals surface area contributed by atoms with Gasteiger partial charge in [-0.2, -0.15) is 0 Å². The largest absolute Gasteiger partial charge is 0.449 e. The van der Waals surface area contributed by atoms with Gasteiger partial charge in [0.2, 0.25) is 0 Å². The molecule has 1 heterocycles. The highest BCUT2D eigenvalue weighted by atomic mass is 35.5. The van der Waals surface area contributed by atoms with E-state index < -0.39 is 6.09 Å². The predicted octanol–water partition coefficient (Wildman–Crippen LogP) is 2.95. The first-order chi connectivity index (χ1) is 12.6. The number of ether oxygens (including phenoxy) is 1. The maximum atomic E-state index is 11.8. The van der Waals surface area contributed by atoms with E-state index >= 15 is 0 Å². The summed E-state index contributed by atoms with van der Waals surface area (Å²) in [7, 11) is 1.95. The first kappa shape index (κ1) is 18.6. The normalized spacial score (nSPS) is 15.8. The fourth-order valence-electron chi connectivity index (χ4n) is 3.33. The molecule has 9 heteroatoms. The molecule has 8 nitrogen and oxygen atoms in total. The Morgan fingerprint density at radius 1 is 1.31 bits per heavy atom. The van der Waals surface area contributed by atoms with Crippen LogP contribution in [0.3, 0.4) is 0 Å². The van der Waals surface area contributed by atoms with Gasteiger partial charge in [-0.25, -0.2) is 9.48 Å². The minimum Gasteiger partial charge on any atom is -0.449 e. The summed E-state index contributed by atoms with van der Waals surface area (Å²) in [5, 5.41) is 18.8. The Kier molecular flexibility index (Phi) is 6.05. The van der Waals surface area contributed by atoms with E-state index in [4.69, 9.17) is 16.3 Å². The molecule has 2 N–H and O–H groups in total. The molecule has 1 aromatic heterocycles. The van der Waals surface area contributed by atoms with Crippen LogP contribution in [0, 0.1) is 0 Å². The van der Waals surface area contributed by atoms with Crippen molar-refractivity contribution in [3.63, 3.8) is 0 Å². The van der Waals surface area contributed by atoms with E-state index in [1.807, 2.05) is 11.7 Å². The number of rotatable bonds is 7. The van der Waals surface area contributed by atoms with Gasteiger partial charge in [0.15, 0.2) is 5.82 Å². The number of halogens is 1. The number of anilines is 1. The van der Waals surface area contributed by atoms with E-state index in [-0.39, 0.29) is 12.1 Å². The van der Waals surface area contributed by atoms with Gasteiger partial charge in [-0.3, -0.25) is 5.32 Å². The first-order valence-electron chi connectivity index (χ1n) is 8.78. The summed E-state index contributed by atoms with van der Waals surface area (Å²) >= 11 is 5.81. The molecule has 26 heavy (non-hydrogen) atoms. The number of tetrazole rings is 1. The van der Waals surface area contributed by atoms with Gasteiger partial charge < -0.3 is 10.1 Å². The van der Waals surface area contributed by atoms with Crippen LogP contribution in [0.1, 0.15) is 37.9 Å². The smallest absolute Gasteiger partial charge is 0.411 e. The number of aryl methyl sites for hydroxylation is 1. The summed E-state index contributed by atoms with van der Waals surface area (Å²) in [6.45, 7) is 0.880. The van der Waals surface area contributed by atoms with Crippen molar-refractivity contribution in [2.75, 3.05) is 19.0 Å². The predicted molar refractivity (Wildman–Crippen MR) is 98.1 cm³/mol. The molecule has 0 spiro atoms. The molecule has 140 valence electrons. The van der Waals surface area contributed by atoms with E-state index in [0.29, 0.717) is 23.7 Å². The average molecular weight is 379 g/mol. The summed E-state index contributed by atoms with van der Waals surface area (Å²) in [5.41, 5.74) is 0.496. The monoisotopic (exact) mass is 378 g/mol. The van der Waals surface area contributed by atoms with Crippen molar-refractivity contribution in [1.82, 2.24) is 25.5 Å². The number of hydrogen-bond donors (Lipinski definition) is 2. The summed E-state index contributed by atoms with van der Waals surface area (Å²) in [6, 6.07) is 6.85. The number of benzene rings is 1. The Hall–Kier alpha value is -2.19. The number of carbonyl (C=O) groups excluding carboxylic acids is 1. The summed E-state index contributed by atoms with van der Waals surface area (Å²) < 4.78 is 7.02. The molecule has 0 radical (unpaired) electrons. The quantitative estimate of drug-likeness (QED) is 0.719. The Morgan fingerprint density at radius 3 is 2.73 bits per heavy atom. The van der Waals surface area contributed by atoms with E-state index in [2.05, 4.69) is 26.2 Å². The molecule has 1 aromatic carbocycles. The second-order valence-corrected chi connectivity index (χ2v) is 6.82. The molecule has 0 bridgehead atoms. The van der Waals surface area contributed by atoms with Crippen molar-refractivity contribution in [2.24, 2.45) is 0 Å². The Morgan fingerprint density at radius 2 is 2.04 bits per heavy atom. The van der Waals surface area contributed by atoms with Crippen LogP contribution < -0.4 is 10.6 Å². The highest BCUT2D eigenvalue weighted by molar-refractivity contribution is 6.30. The fourth-order valence-corrected chi connectivity index (χ4v) is 3.45. The number of nitrogens with zero attached hydrogens (tertiary/aromatic N) is 4. The van der Waals surface area contributed by atoms with Crippen LogP contribution in [-0.4, -0.2) is 40.0 Å². The summed E-state index contributed by atoms with van der Waals surface area (Å²) in [6.07, 6.45) is 4.54. The highest BCUT2D eigenvalue weighted by Crippen LogP contribution is 2.36. The third kappa shape index (κ3) is 4.31. The van der Waals surface area contributed by atoms with E-state index in [9.17, 15) is 4.79 Å². The molecule has 0 unspecified atom stereocenters. The zero-order valence-electron chi connectivity index (χ0n) is 14.7. The minimum atomic E-state index is -0.494. The topological polar surface area (TPSA) is 94.0 Å². The zero-order valence-corrected chi connectivity index (χ0v) is 15.5. The SMILES string of the molecule is CNC1(c2nnnn2CCCOC(=O)Nc2ccc(Cl)cc2)CCCC1. The Bertz CT molecular complexity index is 727. The molecular formula is C17H23ClN6O2. The lowest BCUT2D eigenvalue weighted by molar-refractivity contribution is 0.157. The van der Waals surface area contributed by atoms with E-state index in [1.54, 1.807) is 24.3 Å². The van der Waals surface area contributed by atoms with Gasteiger partial charge in [-0.05, 0) is 54.6 Å². The van der Waals surface area contributed by atoms with Gasteiger partial charge in [0.05, 0.1) is 12.1 Å². The van der Waals surface area contributed by atoms with Gasteiger partial charge in [0.1, 0.15) is 0 Å². The fraction of sp³-hybridized carbons (Fsp3) is 0.529. The summed E-state index contributed by atoms with van der Waals surface area (Å²) in [5.74, 6) is 0.864. The highest BCUT2D eigenvalue weighted by Gasteiger charge is 2.38. The number of carbonyl (C=O) groups is 1. The molecule has 0 aliphatic heterocycles. The van der Waals surface area contributed by atoms with Gasteiger partial charge in [0, 0.05) is 23.7 Å².